The molecule has 1 atom stereocenters. The highest BCUT2D eigenvalue weighted by atomic mass is 19.1. The molecular formula is C24H28F3N7O3. The van der Waals surface area contributed by atoms with Gasteiger partial charge in [0.25, 0.3) is 0 Å². The highest BCUT2D eigenvalue weighted by Crippen LogP contribution is 2.32. The number of halogens is 3. The summed E-state index contributed by atoms with van der Waals surface area (Å²) >= 11 is 0. The summed E-state index contributed by atoms with van der Waals surface area (Å²) in [7, 11) is 0. The third-order valence-electron chi connectivity index (χ3n) is 6.79. The first kappa shape index (κ1) is 25.2. The fourth-order valence-electron chi connectivity index (χ4n) is 4.90. The summed E-state index contributed by atoms with van der Waals surface area (Å²) in [6.07, 6.45) is 5.11. The Bertz CT molecular complexity index is 1250. The zero-order valence-corrected chi connectivity index (χ0v) is 20.0. The summed E-state index contributed by atoms with van der Waals surface area (Å²) in [6.45, 7) is 1.07. The lowest BCUT2D eigenvalue weighted by Crippen LogP contribution is -2.37. The van der Waals surface area contributed by atoms with Crippen molar-refractivity contribution in [2.24, 2.45) is 5.92 Å². The van der Waals surface area contributed by atoms with E-state index in [0.29, 0.717) is 61.7 Å². The van der Waals surface area contributed by atoms with Crippen molar-refractivity contribution in [2.45, 2.75) is 44.2 Å². The van der Waals surface area contributed by atoms with Gasteiger partial charge in [-0.05, 0) is 32.1 Å². The lowest BCUT2D eigenvalue weighted by Gasteiger charge is -2.28. The minimum Gasteiger partial charge on any atom is -0.395 e. The number of benzene rings is 1. The second kappa shape index (κ2) is 10.9. The number of aromatic nitrogens is 4. The number of hydrogen-bond donors (Lipinski definition) is 4. The molecule has 2 aliphatic rings. The monoisotopic (exact) mass is 519 g/mol. The molecule has 3 aromatic rings. The van der Waals surface area contributed by atoms with Crippen LogP contribution in [0.5, 0.6) is 0 Å². The molecule has 0 spiro atoms. The van der Waals surface area contributed by atoms with E-state index >= 15 is 0 Å². The minimum absolute atomic E-state index is 0.0399. The number of nitrogens with one attached hydrogen (secondary N) is 3. The van der Waals surface area contributed by atoms with Gasteiger partial charge in [0.15, 0.2) is 17.3 Å². The molecule has 1 aliphatic heterocycles. The van der Waals surface area contributed by atoms with Gasteiger partial charge in [-0.1, -0.05) is 0 Å². The molecule has 4 N–H and O–H groups in total. The third-order valence-corrected chi connectivity index (χ3v) is 6.79. The fraction of sp³-hybridized carbons (Fsp3) is 0.500. The minimum atomic E-state index is -1.08. The van der Waals surface area contributed by atoms with Crippen molar-refractivity contribution in [3.05, 3.63) is 35.8 Å². The number of anilines is 3. The molecule has 2 aromatic heterocycles. The molecule has 0 radical (unpaired) electrons. The maximum Gasteiger partial charge on any atom is 0.224 e. The summed E-state index contributed by atoms with van der Waals surface area (Å²) in [4.78, 5) is 25.6. The Labute approximate surface area is 210 Å². The van der Waals surface area contributed by atoms with Crippen LogP contribution in [0.15, 0.2) is 18.3 Å². The van der Waals surface area contributed by atoms with E-state index in [1.54, 1.807) is 4.57 Å². The van der Waals surface area contributed by atoms with E-state index in [0.717, 1.165) is 12.8 Å². The van der Waals surface area contributed by atoms with Crippen LogP contribution in [0.1, 0.15) is 38.1 Å². The standard InChI is InChI=1S/C24H28F3N7O3/c25-14-9-17(26)20(18(27)10-14)32-24-31-19-11-29-23(33-21(19)34(24)16-5-8-37-12-16)30-15-3-1-13(2-4-15)22(36)28-6-7-35/h9-11,13,15-16,35H,1-8,12H2,(H,28,36)(H,31,32)(H,29,30,33). The molecule has 2 fully saturated rings. The molecule has 198 valence electrons. The second-order valence-corrected chi connectivity index (χ2v) is 9.30. The summed E-state index contributed by atoms with van der Waals surface area (Å²) in [5, 5.41) is 17.6. The van der Waals surface area contributed by atoms with E-state index in [-0.39, 0.29) is 43.0 Å². The van der Waals surface area contributed by atoms with Gasteiger partial charge in [0.1, 0.15) is 17.0 Å². The molecule has 1 aliphatic carbocycles. The van der Waals surface area contributed by atoms with Crippen molar-refractivity contribution in [2.75, 3.05) is 37.0 Å². The van der Waals surface area contributed by atoms with E-state index in [1.807, 2.05) is 0 Å². The van der Waals surface area contributed by atoms with Crippen LogP contribution in [0.4, 0.5) is 30.8 Å². The smallest absolute Gasteiger partial charge is 0.224 e. The van der Waals surface area contributed by atoms with E-state index in [4.69, 9.17) is 9.84 Å². The highest BCUT2D eigenvalue weighted by Gasteiger charge is 2.28. The van der Waals surface area contributed by atoms with Crippen LogP contribution in [0.25, 0.3) is 11.2 Å². The predicted molar refractivity (Wildman–Crippen MR) is 129 cm³/mol. The molecule has 37 heavy (non-hydrogen) atoms. The van der Waals surface area contributed by atoms with E-state index in [9.17, 15) is 18.0 Å². The molecule has 5 rings (SSSR count). The number of ether oxygens (including phenoxy) is 1. The lowest BCUT2D eigenvalue weighted by atomic mass is 9.85. The fourth-order valence-corrected chi connectivity index (χ4v) is 4.90. The number of fused-ring (bicyclic) bond motifs is 1. The number of amides is 1. The molecular weight excluding hydrogens is 491 g/mol. The average molecular weight is 520 g/mol. The third kappa shape index (κ3) is 5.47. The molecule has 1 unspecified atom stereocenters. The van der Waals surface area contributed by atoms with Gasteiger partial charge in [0.05, 0.1) is 25.5 Å². The summed E-state index contributed by atoms with van der Waals surface area (Å²) in [6, 6.07) is 1.11. The van der Waals surface area contributed by atoms with Crippen molar-refractivity contribution >= 4 is 34.7 Å². The summed E-state index contributed by atoms with van der Waals surface area (Å²) in [5.41, 5.74) is 0.380. The number of nitrogens with zero attached hydrogens (tertiary/aromatic N) is 4. The van der Waals surface area contributed by atoms with Crippen LogP contribution in [-0.2, 0) is 9.53 Å². The van der Waals surface area contributed by atoms with Gasteiger partial charge in [-0.25, -0.2) is 23.1 Å². The Morgan fingerprint density at radius 3 is 2.54 bits per heavy atom. The molecule has 1 aromatic carbocycles. The Morgan fingerprint density at radius 2 is 1.86 bits per heavy atom. The second-order valence-electron chi connectivity index (χ2n) is 9.30. The van der Waals surface area contributed by atoms with E-state index in [2.05, 4.69) is 30.9 Å². The van der Waals surface area contributed by atoms with Crippen LogP contribution in [-0.4, -0.2) is 62.9 Å². The maximum absolute atomic E-state index is 14.3. The molecule has 3 heterocycles. The van der Waals surface area contributed by atoms with Gasteiger partial charge in [0.2, 0.25) is 17.8 Å². The molecule has 13 heteroatoms. The van der Waals surface area contributed by atoms with Crippen molar-refractivity contribution in [1.29, 1.82) is 0 Å². The zero-order chi connectivity index (χ0) is 25.9. The van der Waals surface area contributed by atoms with Crippen molar-refractivity contribution < 1.29 is 27.8 Å². The number of carbonyl (C=O) groups excluding carboxylic acids is 1. The van der Waals surface area contributed by atoms with Gasteiger partial charge >= 0.3 is 0 Å². The largest absolute Gasteiger partial charge is 0.395 e. The number of aliphatic hydroxyl groups excluding tert-OH is 1. The Kier molecular flexibility index (Phi) is 7.42. The van der Waals surface area contributed by atoms with Crippen molar-refractivity contribution in [3.63, 3.8) is 0 Å². The number of rotatable bonds is 8. The van der Waals surface area contributed by atoms with Crippen LogP contribution < -0.4 is 16.0 Å². The van der Waals surface area contributed by atoms with Crippen molar-refractivity contribution in [1.82, 2.24) is 24.8 Å². The highest BCUT2D eigenvalue weighted by molar-refractivity contribution is 5.79. The first-order valence-electron chi connectivity index (χ1n) is 12.3. The Balaban J connectivity index is 1.37. The first-order chi connectivity index (χ1) is 17.9. The lowest BCUT2D eigenvalue weighted by molar-refractivity contribution is -0.126. The van der Waals surface area contributed by atoms with Crippen LogP contribution >= 0.6 is 0 Å². The number of carbonyl (C=O) groups is 1. The quantitative estimate of drug-likeness (QED) is 0.358. The van der Waals surface area contributed by atoms with Gasteiger partial charge < -0.3 is 25.8 Å². The van der Waals surface area contributed by atoms with Gasteiger partial charge in [-0.15, -0.1) is 0 Å². The van der Waals surface area contributed by atoms with Crippen LogP contribution in [0.3, 0.4) is 0 Å². The average Bonchev–Trinajstić information content (AvgIpc) is 3.52. The number of imidazole rings is 1. The predicted octanol–water partition coefficient (Wildman–Crippen LogP) is 3.03. The SMILES string of the molecule is O=C(NCCO)C1CCC(Nc2ncc3nc(Nc4c(F)cc(F)cc4F)n(C4CCOC4)c3n2)CC1. The Hall–Kier alpha value is -3.45. The van der Waals surface area contributed by atoms with Crippen LogP contribution in [0.2, 0.25) is 0 Å². The topological polar surface area (TPSA) is 126 Å². The van der Waals surface area contributed by atoms with E-state index in [1.165, 1.54) is 6.20 Å². The molecule has 1 saturated heterocycles. The first-order valence-corrected chi connectivity index (χ1v) is 12.3. The molecule has 1 saturated carbocycles. The maximum atomic E-state index is 14.3. The van der Waals surface area contributed by atoms with Crippen LogP contribution in [0, 0.1) is 23.4 Å². The summed E-state index contributed by atoms with van der Waals surface area (Å²) in [5.74, 6) is -2.76. The molecule has 10 nitrogen and oxygen atoms in total. The van der Waals surface area contributed by atoms with Gasteiger partial charge in [0, 0.05) is 37.2 Å². The van der Waals surface area contributed by atoms with Gasteiger partial charge in [-0.2, -0.15) is 4.98 Å². The molecule has 0 bridgehead atoms. The van der Waals surface area contributed by atoms with Crippen molar-refractivity contribution in [3.8, 4) is 0 Å². The molecule has 1 amide bonds. The number of aliphatic hydroxyl groups is 1. The zero-order valence-electron chi connectivity index (χ0n) is 20.0. The Morgan fingerprint density at radius 1 is 1.11 bits per heavy atom. The number of hydrogen-bond acceptors (Lipinski definition) is 8. The van der Waals surface area contributed by atoms with E-state index < -0.39 is 23.1 Å². The summed E-state index contributed by atoms with van der Waals surface area (Å²) < 4.78 is 49.3. The normalized spacial score (nSPS) is 21.8. The van der Waals surface area contributed by atoms with Gasteiger partial charge in [-0.3, -0.25) is 9.36 Å².